The molecule has 15 heteroatoms. The van der Waals surface area contributed by atoms with E-state index in [0.717, 1.165) is 0 Å². The largest absolute Gasteiger partial charge is 0.481 e. The molecule has 4 amide bonds. The van der Waals surface area contributed by atoms with Gasteiger partial charge in [-0.15, -0.1) is 0 Å². The van der Waals surface area contributed by atoms with E-state index in [1.165, 1.54) is 0 Å². The Hall–Kier alpha value is -3.30. The Bertz CT molecular complexity index is 918. The van der Waals surface area contributed by atoms with E-state index in [0.29, 0.717) is 51.6 Å². The molecule has 0 fully saturated rings. The molecule has 0 saturated carbocycles. The van der Waals surface area contributed by atoms with Gasteiger partial charge in [-0.25, -0.2) is 4.79 Å². The summed E-state index contributed by atoms with van der Waals surface area (Å²) in [7, 11) is 0. The Morgan fingerprint density at radius 3 is 1.67 bits per heavy atom. The van der Waals surface area contributed by atoms with Crippen LogP contribution in [0.2, 0.25) is 0 Å². The van der Waals surface area contributed by atoms with Crippen LogP contribution >= 0.6 is 0 Å². The van der Waals surface area contributed by atoms with Crippen LogP contribution < -0.4 is 38.5 Å². The lowest BCUT2D eigenvalue weighted by molar-refractivity contribution is -0.147. The lowest BCUT2D eigenvalue weighted by Crippen LogP contribution is -2.59. The highest BCUT2D eigenvalue weighted by Crippen LogP contribution is 2.12. The molecule has 0 spiro atoms. The number of nitrogens with two attached hydrogens (primary N) is 3. The predicted octanol–water partition coefficient (Wildman–Crippen LogP) is -0.838. The number of rotatable bonds is 23. The summed E-state index contributed by atoms with van der Waals surface area (Å²) in [6.45, 7) is 8.00. The predicted molar refractivity (Wildman–Crippen MR) is 160 cm³/mol. The van der Waals surface area contributed by atoms with Crippen LogP contribution in [-0.4, -0.2) is 89.1 Å². The molecule has 0 aromatic rings. The maximum absolute atomic E-state index is 13.5. The smallest absolute Gasteiger partial charge is 0.326 e. The minimum Gasteiger partial charge on any atom is -0.481 e. The molecule has 0 radical (unpaired) electrons. The second kappa shape index (κ2) is 21.4. The summed E-state index contributed by atoms with van der Waals surface area (Å²) in [5, 5.41) is 28.5. The third kappa shape index (κ3) is 16.2. The first-order valence-corrected chi connectivity index (χ1v) is 15.0. The summed E-state index contributed by atoms with van der Waals surface area (Å²) < 4.78 is 0. The van der Waals surface area contributed by atoms with Gasteiger partial charge in [0.15, 0.2) is 0 Å². The van der Waals surface area contributed by atoms with Gasteiger partial charge in [0.25, 0.3) is 0 Å². The highest BCUT2D eigenvalue weighted by atomic mass is 16.4. The molecular formula is C28H53N7O8. The normalized spacial score (nSPS) is 15.3. The number of hydrogen-bond donors (Lipinski definition) is 9. The Kier molecular flexibility index (Phi) is 19.8. The van der Waals surface area contributed by atoms with Gasteiger partial charge in [0.05, 0.1) is 12.5 Å². The van der Waals surface area contributed by atoms with Gasteiger partial charge in [-0.05, 0) is 63.5 Å². The minimum atomic E-state index is -1.70. The van der Waals surface area contributed by atoms with Gasteiger partial charge in [0, 0.05) is 0 Å². The Labute approximate surface area is 253 Å². The van der Waals surface area contributed by atoms with Gasteiger partial charge in [0.1, 0.15) is 24.2 Å². The number of amides is 4. The van der Waals surface area contributed by atoms with Gasteiger partial charge in [0.2, 0.25) is 23.6 Å². The van der Waals surface area contributed by atoms with Crippen LogP contribution in [0.3, 0.4) is 0 Å². The molecular weight excluding hydrogens is 562 g/mol. The van der Waals surface area contributed by atoms with Crippen molar-refractivity contribution in [1.82, 2.24) is 21.3 Å². The summed E-state index contributed by atoms with van der Waals surface area (Å²) in [6, 6.07) is -5.81. The zero-order valence-corrected chi connectivity index (χ0v) is 25.9. The van der Waals surface area contributed by atoms with Crippen molar-refractivity contribution in [2.75, 3.05) is 13.1 Å². The molecule has 0 rings (SSSR count). The third-order valence-corrected chi connectivity index (χ3v) is 7.01. The maximum Gasteiger partial charge on any atom is 0.326 e. The van der Waals surface area contributed by atoms with E-state index in [4.69, 9.17) is 22.3 Å². The molecule has 0 saturated heterocycles. The van der Waals surface area contributed by atoms with E-state index in [2.05, 4.69) is 21.3 Å². The zero-order valence-electron chi connectivity index (χ0n) is 25.9. The summed E-state index contributed by atoms with van der Waals surface area (Å²) >= 11 is 0. The van der Waals surface area contributed by atoms with Crippen LogP contribution in [0.25, 0.3) is 0 Å². The Balaban J connectivity index is 5.87. The molecule has 0 aromatic carbocycles. The van der Waals surface area contributed by atoms with Gasteiger partial charge in [-0.3, -0.25) is 24.0 Å². The maximum atomic E-state index is 13.5. The molecule has 0 bridgehead atoms. The van der Waals surface area contributed by atoms with Crippen LogP contribution in [0.15, 0.2) is 0 Å². The summed E-state index contributed by atoms with van der Waals surface area (Å²) in [4.78, 5) is 75.2. The second-order valence-electron chi connectivity index (χ2n) is 11.3. The molecule has 0 aliphatic heterocycles. The minimum absolute atomic E-state index is 0.0554. The van der Waals surface area contributed by atoms with Crippen LogP contribution in [0, 0.1) is 11.8 Å². The van der Waals surface area contributed by atoms with Crippen molar-refractivity contribution in [2.45, 2.75) is 116 Å². The van der Waals surface area contributed by atoms with Crippen LogP contribution in [0.1, 0.15) is 85.5 Å². The highest BCUT2D eigenvalue weighted by molar-refractivity contribution is 5.95. The molecule has 43 heavy (non-hydrogen) atoms. The Morgan fingerprint density at radius 2 is 1.19 bits per heavy atom. The molecule has 0 aromatic heterocycles. The molecule has 248 valence electrons. The van der Waals surface area contributed by atoms with Crippen molar-refractivity contribution in [3.05, 3.63) is 0 Å². The zero-order chi connectivity index (χ0) is 33.1. The van der Waals surface area contributed by atoms with Crippen molar-refractivity contribution < 1.29 is 39.0 Å². The quantitative estimate of drug-likeness (QED) is 0.0639. The van der Waals surface area contributed by atoms with Crippen LogP contribution in [0.4, 0.5) is 0 Å². The number of carbonyl (C=O) groups is 6. The Morgan fingerprint density at radius 1 is 0.674 bits per heavy atom. The van der Waals surface area contributed by atoms with E-state index >= 15 is 0 Å². The number of aliphatic carboxylic acids is 2. The number of carboxylic acids is 2. The molecule has 0 heterocycles. The second-order valence-corrected chi connectivity index (χ2v) is 11.3. The fraction of sp³-hybridized carbons (Fsp3) is 0.786. The SMILES string of the molecule is CCC(C)C(NC(=O)C(CC(C)C)NC(=O)C(CCCCN)NC(=O)C(N)CCCCN)C(=O)NC(CC(=O)O)C(=O)O. The van der Waals surface area contributed by atoms with Crippen molar-refractivity contribution in [1.29, 1.82) is 0 Å². The molecule has 6 atom stereocenters. The average molecular weight is 616 g/mol. The van der Waals surface area contributed by atoms with Crippen molar-refractivity contribution in [3.63, 3.8) is 0 Å². The first-order valence-electron chi connectivity index (χ1n) is 15.0. The molecule has 0 aliphatic rings. The van der Waals surface area contributed by atoms with E-state index in [-0.39, 0.29) is 18.8 Å². The first kappa shape index (κ1) is 39.7. The monoisotopic (exact) mass is 615 g/mol. The highest BCUT2D eigenvalue weighted by Gasteiger charge is 2.34. The third-order valence-electron chi connectivity index (χ3n) is 7.01. The number of carboxylic acid groups (broad SMARTS) is 2. The van der Waals surface area contributed by atoms with Gasteiger partial charge in [-0.2, -0.15) is 0 Å². The summed E-state index contributed by atoms with van der Waals surface area (Å²) in [6.07, 6.45) is 2.95. The van der Waals surface area contributed by atoms with E-state index in [1.54, 1.807) is 13.8 Å². The first-order chi connectivity index (χ1) is 20.2. The summed E-state index contributed by atoms with van der Waals surface area (Å²) in [5.74, 6) is -6.10. The standard InChI is InChI=1S/C28H53N7O8/c1-5-17(4)23(27(41)34-21(28(42)43)15-22(36)37)35-26(40)20(14-16(2)3)33-25(39)19(11-7-9-13-30)32-24(38)18(31)10-6-8-12-29/h16-21,23H,5-15,29-31H2,1-4H3,(H,32,38)(H,33,39)(H,34,41)(H,35,40)(H,36,37)(H,42,43). The van der Waals surface area contributed by atoms with E-state index in [9.17, 15) is 33.9 Å². The van der Waals surface area contributed by atoms with Gasteiger partial charge in [-0.1, -0.05) is 40.5 Å². The number of hydrogen-bond acceptors (Lipinski definition) is 9. The fourth-order valence-electron chi connectivity index (χ4n) is 4.25. The lowest BCUT2D eigenvalue weighted by atomic mass is 9.96. The fourth-order valence-corrected chi connectivity index (χ4v) is 4.25. The molecule has 0 aliphatic carbocycles. The average Bonchev–Trinajstić information content (AvgIpc) is 2.93. The van der Waals surface area contributed by atoms with Gasteiger partial charge < -0.3 is 48.7 Å². The van der Waals surface area contributed by atoms with Gasteiger partial charge >= 0.3 is 11.9 Å². The molecule has 15 nitrogen and oxygen atoms in total. The van der Waals surface area contributed by atoms with Crippen LogP contribution in [-0.2, 0) is 28.8 Å². The van der Waals surface area contributed by atoms with Crippen molar-refractivity contribution in [3.8, 4) is 0 Å². The lowest BCUT2D eigenvalue weighted by Gasteiger charge is -2.29. The topological polar surface area (TPSA) is 269 Å². The van der Waals surface area contributed by atoms with E-state index in [1.807, 2.05) is 13.8 Å². The van der Waals surface area contributed by atoms with Crippen molar-refractivity contribution in [2.24, 2.45) is 29.0 Å². The number of unbranched alkanes of at least 4 members (excludes halogenated alkanes) is 2. The summed E-state index contributed by atoms with van der Waals surface area (Å²) in [5.41, 5.74) is 17.1. The number of nitrogens with one attached hydrogen (secondary N) is 4. The molecule has 12 N–H and O–H groups in total. The van der Waals surface area contributed by atoms with Crippen molar-refractivity contribution >= 4 is 35.6 Å². The van der Waals surface area contributed by atoms with E-state index < -0.39 is 78.1 Å². The number of carbonyl (C=O) groups excluding carboxylic acids is 4. The molecule has 6 unspecified atom stereocenters. The van der Waals surface area contributed by atoms with Crippen LogP contribution in [0.5, 0.6) is 0 Å².